The highest BCUT2D eigenvalue weighted by molar-refractivity contribution is 7.09. The van der Waals surface area contributed by atoms with Crippen molar-refractivity contribution in [3.8, 4) is 0 Å². The molecule has 0 unspecified atom stereocenters. The van der Waals surface area contributed by atoms with Crippen molar-refractivity contribution >= 4 is 17.2 Å². The molecule has 4 nitrogen and oxygen atoms in total. The van der Waals surface area contributed by atoms with Crippen molar-refractivity contribution in [1.29, 1.82) is 0 Å². The van der Waals surface area contributed by atoms with Gasteiger partial charge in [-0.15, -0.1) is 11.3 Å². The lowest BCUT2D eigenvalue weighted by molar-refractivity contribution is 0.248. The Kier molecular flexibility index (Phi) is 3.98. The number of hydrogen-bond donors (Lipinski definition) is 0. The van der Waals surface area contributed by atoms with Gasteiger partial charge in [-0.25, -0.2) is 9.97 Å². The zero-order valence-corrected chi connectivity index (χ0v) is 12.8. The highest BCUT2D eigenvalue weighted by Gasteiger charge is 2.26. The average Bonchev–Trinajstić information content (AvgIpc) is 3.11. The van der Waals surface area contributed by atoms with Crippen LogP contribution in [0.5, 0.6) is 0 Å². The number of thiazole rings is 1. The highest BCUT2D eigenvalue weighted by Crippen LogP contribution is 2.34. The maximum atomic E-state index is 4.41. The van der Waals surface area contributed by atoms with Crippen molar-refractivity contribution in [3.05, 3.63) is 40.5 Å². The summed E-state index contributed by atoms with van der Waals surface area (Å²) in [4.78, 5) is 13.4. The van der Waals surface area contributed by atoms with Crippen LogP contribution in [0, 0.1) is 0 Å². The smallest absolute Gasteiger partial charge is 0.128 e. The van der Waals surface area contributed by atoms with E-state index in [0.29, 0.717) is 6.04 Å². The third-order valence-corrected chi connectivity index (χ3v) is 4.56. The van der Waals surface area contributed by atoms with Crippen molar-refractivity contribution in [2.75, 3.05) is 25.5 Å². The first-order valence-corrected chi connectivity index (χ1v) is 7.87. The molecule has 1 fully saturated rings. The Morgan fingerprint density at radius 1 is 1.35 bits per heavy atom. The van der Waals surface area contributed by atoms with Crippen LogP contribution in [0.15, 0.2) is 29.9 Å². The molecule has 106 valence electrons. The Labute approximate surface area is 124 Å². The third-order valence-electron chi connectivity index (χ3n) is 3.80. The van der Waals surface area contributed by atoms with Crippen LogP contribution < -0.4 is 4.90 Å². The van der Waals surface area contributed by atoms with Gasteiger partial charge in [-0.2, -0.15) is 0 Å². The normalized spacial score (nSPS) is 19.4. The van der Waals surface area contributed by atoms with Crippen LogP contribution in [0.25, 0.3) is 0 Å². The number of nitrogens with zero attached hydrogens (tertiary/aromatic N) is 4. The monoisotopic (exact) mass is 288 g/mol. The molecule has 3 heterocycles. The van der Waals surface area contributed by atoms with Crippen molar-refractivity contribution in [3.63, 3.8) is 0 Å². The summed E-state index contributed by atoms with van der Waals surface area (Å²) in [6.07, 6.45) is 6.30. The Hall–Kier alpha value is -1.46. The zero-order chi connectivity index (χ0) is 13.9. The van der Waals surface area contributed by atoms with E-state index in [4.69, 9.17) is 0 Å². The van der Waals surface area contributed by atoms with E-state index in [9.17, 15) is 0 Å². The van der Waals surface area contributed by atoms with E-state index in [0.717, 1.165) is 18.9 Å². The number of pyridine rings is 1. The third kappa shape index (κ3) is 2.83. The summed E-state index contributed by atoms with van der Waals surface area (Å²) in [5, 5.41) is 3.26. The molecule has 1 aliphatic heterocycles. The van der Waals surface area contributed by atoms with Gasteiger partial charge in [-0.3, -0.25) is 4.90 Å². The zero-order valence-electron chi connectivity index (χ0n) is 12.0. The Morgan fingerprint density at radius 3 is 3.00 bits per heavy atom. The molecule has 0 radical (unpaired) electrons. The van der Waals surface area contributed by atoms with Gasteiger partial charge in [0.2, 0.25) is 0 Å². The fourth-order valence-electron chi connectivity index (χ4n) is 2.78. The molecule has 20 heavy (non-hydrogen) atoms. The molecule has 3 rings (SSSR count). The van der Waals surface area contributed by atoms with Gasteiger partial charge in [0, 0.05) is 37.9 Å². The molecule has 0 aliphatic carbocycles. The minimum atomic E-state index is 0.501. The van der Waals surface area contributed by atoms with Gasteiger partial charge in [0.15, 0.2) is 0 Å². The van der Waals surface area contributed by atoms with Crippen LogP contribution in [-0.2, 0) is 6.54 Å². The lowest BCUT2D eigenvalue weighted by Gasteiger charge is -2.24. The van der Waals surface area contributed by atoms with E-state index in [1.807, 2.05) is 26.5 Å². The molecule has 1 aliphatic rings. The summed E-state index contributed by atoms with van der Waals surface area (Å²) >= 11 is 1.74. The molecule has 5 heteroatoms. The van der Waals surface area contributed by atoms with Gasteiger partial charge in [-0.05, 0) is 37.1 Å². The van der Waals surface area contributed by atoms with E-state index in [1.165, 1.54) is 23.4 Å². The quantitative estimate of drug-likeness (QED) is 0.866. The lowest BCUT2D eigenvalue weighted by atomic mass is 10.1. The second-order valence-electron chi connectivity index (χ2n) is 5.40. The predicted molar refractivity (Wildman–Crippen MR) is 83.1 cm³/mol. The van der Waals surface area contributed by atoms with Crippen molar-refractivity contribution in [2.45, 2.75) is 25.4 Å². The number of hydrogen-bond acceptors (Lipinski definition) is 5. The van der Waals surface area contributed by atoms with E-state index >= 15 is 0 Å². The summed E-state index contributed by atoms with van der Waals surface area (Å²) < 4.78 is 0. The summed E-state index contributed by atoms with van der Waals surface area (Å²) in [7, 11) is 4.07. The largest absolute Gasteiger partial charge is 0.363 e. The molecule has 1 saturated heterocycles. The van der Waals surface area contributed by atoms with Crippen LogP contribution in [-0.4, -0.2) is 35.5 Å². The van der Waals surface area contributed by atoms with Gasteiger partial charge < -0.3 is 4.90 Å². The molecule has 2 aromatic heterocycles. The van der Waals surface area contributed by atoms with E-state index < -0.39 is 0 Å². The molecule has 0 bridgehead atoms. The van der Waals surface area contributed by atoms with Crippen molar-refractivity contribution < 1.29 is 0 Å². The Bertz CT molecular complexity index is 553. The molecule has 0 spiro atoms. The van der Waals surface area contributed by atoms with Crippen molar-refractivity contribution in [1.82, 2.24) is 14.9 Å². The first-order valence-electron chi connectivity index (χ1n) is 7.00. The van der Waals surface area contributed by atoms with Crippen LogP contribution in [0.3, 0.4) is 0 Å². The van der Waals surface area contributed by atoms with Crippen LogP contribution in [0.2, 0.25) is 0 Å². The van der Waals surface area contributed by atoms with E-state index in [1.54, 1.807) is 11.3 Å². The minimum absolute atomic E-state index is 0.501. The first kappa shape index (κ1) is 13.5. The topological polar surface area (TPSA) is 32.3 Å². The summed E-state index contributed by atoms with van der Waals surface area (Å²) in [6.45, 7) is 2.12. The Balaban J connectivity index is 1.79. The standard InChI is InChI=1S/C15H20N4S/c1-18(2)14-10-12(5-6-16-14)13-4-3-8-19(13)11-15-17-7-9-20-15/h5-7,9-10,13H,3-4,8,11H2,1-2H3/t13-/m1/s1. The number of likely N-dealkylation sites (tertiary alicyclic amines) is 1. The van der Waals surface area contributed by atoms with E-state index in [2.05, 4.69) is 37.3 Å². The highest BCUT2D eigenvalue weighted by atomic mass is 32.1. The fraction of sp³-hybridized carbons (Fsp3) is 0.467. The molecule has 2 aromatic rings. The summed E-state index contributed by atoms with van der Waals surface area (Å²) in [5.41, 5.74) is 1.37. The molecular formula is C15H20N4S. The molecule has 0 aromatic carbocycles. The maximum absolute atomic E-state index is 4.41. The minimum Gasteiger partial charge on any atom is -0.363 e. The average molecular weight is 288 g/mol. The fourth-order valence-corrected chi connectivity index (χ4v) is 3.42. The van der Waals surface area contributed by atoms with Crippen LogP contribution >= 0.6 is 11.3 Å². The van der Waals surface area contributed by atoms with Gasteiger partial charge in [-0.1, -0.05) is 0 Å². The molecule has 0 N–H and O–H groups in total. The first-order chi connectivity index (χ1) is 9.74. The van der Waals surface area contributed by atoms with Crippen LogP contribution in [0.1, 0.15) is 29.5 Å². The molecule has 0 amide bonds. The van der Waals surface area contributed by atoms with Gasteiger partial charge in [0.25, 0.3) is 0 Å². The molecular weight excluding hydrogens is 268 g/mol. The predicted octanol–water partition coefficient (Wildman–Crippen LogP) is 2.94. The summed E-state index contributed by atoms with van der Waals surface area (Å²) in [5.74, 6) is 1.03. The number of rotatable bonds is 4. The van der Waals surface area contributed by atoms with Crippen LogP contribution in [0.4, 0.5) is 5.82 Å². The maximum Gasteiger partial charge on any atom is 0.128 e. The van der Waals surface area contributed by atoms with Gasteiger partial charge in [0.05, 0.1) is 6.54 Å². The second kappa shape index (κ2) is 5.89. The lowest BCUT2D eigenvalue weighted by Crippen LogP contribution is -2.23. The number of aromatic nitrogens is 2. The summed E-state index contributed by atoms with van der Waals surface area (Å²) in [6, 6.07) is 4.86. The van der Waals surface area contributed by atoms with Gasteiger partial charge >= 0.3 is 0 Å². The molecule has 0 saturated carbocycles. The Morgan fingerprint density at radius 2 is 2.25 bits per heavy atom. The van der Waals surface area contributed by atoms with Crippen molar-refractivity contribution in [2.24, 2.45) is 0 Å². The second-order valence-corrected chi connectivity index (χ2v) is 6.38. The van der Waals surface area contributed by atoms with Gasteiger partial charge in [0.1, 0.15) is 10.8 Å². The molecule has 1 atom stereocenters. The number of anilines is 1. The SMILES string of the molecule is CN(C)c1cc([C@H]2CCCN2Cc2nccs2)ccn1. The van der Waals surface area contributed by atoms with E-state index in [-0.39, 0.29) is 0 Å².